The average molecular weight is 541 g/mol. The number of halogens is 1. The molecule has 0 bridgehead atoms. The Morgan fingerprint density at radius 2 is 1.46 bits per heavy atom. The van der Waals surface area contributed by atoms with Gasteiger partial charge in [-0.3, -0.25) is 9.59 Å². The Hall–Kier alpha value is -3.77. The standard InChI is InChI=1S/C33H33FN2O2S/c34-29-19-13-25(14-20-29)22-35(23-31-12-7-21-39-31)32(37)24-36(30-10-5-2-6-11-30)33(38)28-17-15-27(16-18-28)26-8-3-1-4-9-26/h1,3-4,7-9,12-21,30H,2,5-6,10-11,22-24H2. The van der Waals surface area contributed by atoms with Gasteiger partial charge in [0.05, 0.1) is 6.54 Å². The normalized spacial score (nSPS) is 13.7. The summed E-state index contributed by atoms with van der Waals surface area (Å²) in [5, 5.41) is 1.99. The topological polar surface area (TPSA) is 40.6 Å². The number of carbonyl (C=O) groups is 2. The Labute approximate surface area is 233 Å². The number of amides is 2. The zero-order valence-corrected chi connectivity index (χ0v) is 22.8. The number of benzene rings is 3. The highest BCUT2D eigenvalue weighted by atomic mass is 32.1. The first-order valence-corrected chi connectivity index (χ1v) is 14.5. The van der Waals surface area contributed by atoms with Crippen molar-refractivity contribution in [3.8, 4) is 11.1 Å². The highest BCUT2D eigenvalue weighted by Crippen LogP contribution is 2.26. The van der Waals surface area contributed by atoms with Crippen molar-refractivity contribution in [1.29, 1.82) is 0 Å². The van der Waals surface area contributed by atoms with Gasteiger partial charge < -0.3 is 9.80 Å². The molecule has 0 spiro atoms. The van der Waals surface area contributed by atoms with Gasteiger partial charge in [0.2, 0.25) is 5.91 Å². The van der Waals surface area contributed by atoms with Crippen LogP contribution < -0.4 is 0 Å². The lowest BCUT2D eigenvalue weighted by Crippen LogP contribution is -2.48. The fourth-order valence-corrected chi connectivity index (χ4v) is 5.96. The molecular formula is C33H33FN2O2S. The Morgan fingerprint density at radius 1 is 0.769 bits per heavy atom. The summed E-state index contributed by atoms with van der Waals surface area (Å²) in [6.07, 6.45) is 5.09. The second kappa shape index (κ2) is 12.9. The molecule has 6 heteroatoms. The van der Waals surface area contributed by atoms with Crippen LogP contribution in [-0.2, 0) is 17.9 Å². The number of carbonyl (C=O) groups excluding carboxylic acids is 2. The number of nitrogens with zero attached hydrogens (tertiary/aromatic N) is 2. The van der Waals surface area contributed by atoms with Gasteiger partial charge in [0, 0.05) is 23.0 Å². The first kappa shape index (κ1) is 26.8. The van der Waals surface area contributed by atoms with Crippen LogP contribution in [0.1, 0.15) is 52.9 Å². The highest BCUT2D eigenvalue weighted by Gasteiger charge is 2.30. The lowest BCUT2D eigenvalue weighted by molar-refractivity contribution is -0.133. The van der Waals surface area contributed by atoms with Crippen molar-refractivity contribution in [1.82, 2.24) is 9.80 Å². The van der Waals surface area contributed by atoms with Crippen LogP contribution in [0.3, 0.4) is 0 Å². The summed E-state index contributed by atoms with van der Waals surface area (Å²) in [6.45, 7) is 0.832. The summed E-state index contributed by atoms with van der Waals surface area (Å²) in [6, 6.07) is 28.0. The maximum Gasteiger partial charge on any atom is 0.254 e. The van der Waals surface area contributed by atoms with E-state index in [4.69, 9.17) is 0 Å². The van der Waals surface area contributed by atoms with E-state index >= 15 is 0 Å². The van der Waals surface area contributed by atoms with Crippen molar-refractivity contribution in [2.24, 2.45) is 0 Å². The predicted octanol–water partition coefficient (Wildman–Crippen LogP) is 7.56. The van der Waals surface area contributed by atoms with Crippen molar-refractivity contribution in [2.45, 2.75) is 51.2 Å². The van der Waals surface area contributed by atoms with E-state index in [-0.39, 0.29) is 30.2 Å². The van der Waals surface area contributed by atoms with Gasteiger partial charge in [-0.1, -0.05) is 79.9 Å². The van der Waals surface area contributed by atoms with Crippen LogP contribution in [0.15, 0.2) is 96.4 Å². The first-order chi connectivity index (χ1) is 19.1. The van der Waals surface area contributed by atoms with E-state index in [1.54, 1.807) is 33.3 Å². The van der Waals surface area contributed by atoms with E-state index in [1.165, 1.54) is 12.1 Å². The smallest absolute Gasteiger partial charge is 0.254 e. The molecule has 0 radical (unpaired) electrons. The molecule has 0 atom stereocenters. The fourth-order valence-electron chi connectivity index (χ4n) is 5.24. The van der Waals surface area contributed by atoms with Crippen molar-refractivity contribution < 1.29 is 14.0 Å². The van der Waals surface area contributed by atoms with Crippen LogP contribution in [0.2, 0.25) is 0 Å². The lowest BCUT2D eigenvalue weighted by Gasteiger charge is -2.35. The molecule has 2 amide bonds. The Bertz CT molecular complexity index is 1350. The third-order valence-corrected chi connectivity index (χ3v) is 8.25. The largest absolute Gasteiger partial charge is 0.332 e. The van der Waals surface area contributed by atoms with Gasteiger partial charge in [-0.2, -0.15) is 0 Å². The summed E-state index contributed by atoms with van der Waals surface area (Å²) < 4.78 is 13.5. The number of thiophene rings is 1. The van der Waals surface area contributed by atoms with Gasteiger partial charge in [-0.15, -0.1) is 11.3 Å². The summed E-state index contributed by atoms with van der Waals surface area (Å²) in [5.41, 5.74) is 3.60. The van der Waals surface area contributed by atoms with Gasteiger partial charge in [-0.25, -0.2) is 4.39 Å². The lowest BCUT2D eigenvalue weighted by atomic mass is 9.93. The van der Waals surface area contributed by atoms with Gasteiger partial charge in [0.15, 0.2) is 0 Å². The van der Waals surface area contributed by atoms with Crippen molar-refractivity contribution in [3.63, 3.8) is 0 Å². The highest BCUT2D eigenvalue weighted by molar-refractivity contribution is 7.09. The van der Waals surface area contributed by atoms with Crippen LogP contribution >= 0.6 is 11.3 Å². The fraction of sp³-hybridized carbons (Fsp3) is 0.273. The minimum atomic E-state index is -0.303. The summed E-state index contributed by atoms with van der Waals surface area (Å²) >= 11 is 1.60. The van der Waals surface area contributed by atoms with Crippen LogP contribution in [0, 0.1) is 5.82 Å². The second-order valence-corrected chi connectivity index (χ2v) is 11.2. The monoisotopic (exact) mass is 540 g/mol. The van der Waals surface area contributed by atoms with Crippen molar-refractivity contribution >= 4 is 23.2 Å². The molecular weight excluding hydrogens is 507 g/mol. The molecule has 0 saturated heterocycles. The molecule has 200 valence electrons. The Kier molecular flexibility index (Phi) is 8.84. The molecule has 0 aliphatic heterocycles. The maximum absolute atomic E-state index is 13.9. The van der Waals surface area contributed by atoms with E-state index in [1.807, 2.05) is 72.1 Å². The third kappa shape index (κ3) is 7.01. The number of hydrogen-bond acceptors (Lipinski definition) is 3. The molecule has 1 heterocycles. The van der Waals surface area contributed by atoms with E-state index < -0.39 is 0 Å². The van der Waals surface area contributed by atoms with Crippen LogP contribution in [0.4, 0.5) is 4.39 Å². The zero-order chi connectivity index (χ0) is 27.0. The average Bonchev–Trinajstić information content (AvgIpc) is 3.50. The van der Waals surface area contributed by atoms with Crippen LogP contribution in [-0.4, -0.2) is 34.2 Å². The molecule has 1 fully saturated rings. The molecule has 1 saturated carbocycles. The molecule has 0 N–H and O–H groups in total. The summed E-state index contributed by atoms with van der Waals surface area (Å²) in [4.78, 5) is 32.4. The van der Waals surface area contributed by atoms with E-state index in [9.17, 15) is 14.0 Å². The number of hydrogen-bond donors (Lipinski definition) is 0. The van der Waals surface area contributed by atoms with Crippen molar-refractivity contribution in [3.05, 3.63) is 118 Å². The number of rotatable bonds is 9. The minimum Gasteiger partial charge on any atom is -0.332 e. The zero-order valence-electron chi connectivity index (χ0n) is 22.0. The maximum atomic E-state index is 13.9. The molecule has 1 aromatic heterocycles. The van der Waals surface area contributed by atoms with Crippen LogP contribution in [0.5, 0.6) is 0 Å². The molecule has 4 aromatic rings. The molecule has 3 aromatic carbocycles. The molecule has 0 unspecified atom stereocenters. The minimum absolute atomic E-state index is 0.0243. The van der Waals surface area contributed by atoms with Crippen LogP contribution in [0.25, 0.3) is 11.1 Å². The van der Waals surface area contributed by atoms with Gasteiger partial charge in [0.1, 0.15) is 12.4 Å². The summed E-state index contributed by atoms with van der Waals surface area (Å²) in [7, 11) is 0. The first-order valence-electron chi connectivity index (χ1n) is 13.6. The molecule has 1 aliphatic rings. The van der Waals surface area contributed by atoms with Gasteiger partial charge in [0.25, 0.3) is 5.91 Å². The molecule has 4 nitrogen and oxygen atoms in total. The SMILES string of the molecule is O=C(CN(C(=O)c1ccc(-c2ccccc2)cc1)C1CCCCC1)N(Cc1ccc(F)cc1)Cc1cccs1. The van der Waals surface area contributed by atoms with E-state index in [2.05, 4.69) is 0 Å². The summed E-state index contributed by atoms with van der Waals surface area (Å²) in [5.74, 6) is -0.512. The molecule has 1 aliphatic carbocycles. The van der Waals surface area contributed by atoms with E-state index in [0.29, 0.717) is 18.7 Å². The van der Waals surface area contributed by atoms with E-state index in [0.717, 1.165) is 53.7 Å². The molecule has 5 rings (SSSR count). The Balaban J connectivity index is 1.37. The Morgan fingerprint density at radius 3 is 2.13 bits per heavy atom. The molecule has 39 heavy (non-hydrogen) atoms. The predicted molar refractivity (Wildman–Crippen MR) is 155 cm³/mol. The third-order valence-electron chi connectivity index (χ3n) is 7.39. The quantitative estimate of drug-likeness (QED) is 0.220. The van der Waals surface area contributed by atoms with Gasteiger partial charge >= 0.3 is 0 Å². The van der Waals surface area contributed by atoms with Crippen molar-refractivity contribution in [2.75, 3.05) is 6.54 Å². The van der Waals surface area contributed by atoms with Gasteiger partial charge in [-0.05, 0) is 65.2 Å². The second-order valence-electron chi connectivity index (χ2n) is 10.1.